The quantitative estimate of drug-likeness (QED) is 0.174. The molecular weight excluding hydrogens is 496 g/mol. The molecule has 0 aliphatic rings. The van der Waals surface area contributed by atoms with Gasteiger partial charge in [-0.05, 0) is 59.7 Å². The van der Waals surface area contributed by atoms with Crippen LogP contribution in [0, 0.1) is 0 Å². The van der Waals surface area contributed by atoms with Gasteiger partial charge in [0.2, 0.25) is 0 Å². The van der Waals surface area contributed by atoms with Gasteiger partial charge in [0.1, 0.15) is 11.5 Å². The minimum atomic E-state index is 0.0996. The Bertz CT molecular complexity index is 1480. The largest absolute Gasteiger partial charge is 0.507 e. The first-order valence-corrected chi connectivity index (χ1v) is 13.0. The van der Waals surface area contributed by atoms with Gasteiger partial charge in [0.05, 0.1) is 28.3 Å². The first kappa shape index (κ1) is 23.4. The second kappa shape index (κ2) is 10.5. The molecule has 1 atom stereocenters. The Morgan fingerprint density at radius 1 is 0.971 bits per heavy atom. The maximum absolute atomic E-state index is 10.1. The molecular formula is C28H21ClN2O2S2. The summed E-state index contributed by atoms with van der Waals surface area (Å²) in [5, 5.41) is 10.9. The van der Waals surface area contributed by atoms with Crippen molar-refractivity contribution >= 4 is 56.8 Å². The van der Waals surface area contributed by atoms with Crippen LogP contribution >= 0.6 is 34.7 Å². The minimum Gasteiger partial charge on any atom is -0.507 e. The van der Waals surface area contributed by atoms with E-state index < -0.39 is 0 Å². The number of benzene rings is 4. The van der Waals surface area contributed by atoms with Crippen molar-refractivity contribution in [2.45, 2.75) is 9.59 Å². The smallest absolute Gasteiger partial charge is 0.152 e. The van der Waals surface area contributed by atoms with Gasteiger partial charge in [0.15, 0.2) is 4.34 Å². The van der Waals surface area contributed by atoms with E-state index >= 15 is 0 Å². The predicted octanol–water partition coefficient (Wildman–Crippen LogP) is 8.30. The van der Waals surface area contributed by atoms with Gasteiger partial charge < -0.3 is 9.84 Å². The van der Waals surface area contributed by atoms with E-state index in [1.54, 1.807) is 54.6 Å². The summed E-state index contributed by atoms with van der Waals surface area (Å²) in [7, 11) is 1.59. The number of thioether (sulfide) groups is 1. The zero-order valence-electron chi connectivity index (χ0n) is 18.8. The Labute approximate surface area is 216 Å². The number of rotatable bonds is 7. The summed E-state index contributed by atoms with van der Waals surface area (Å²) in [4.78, 5) is 9.42. The van der Waals surface area contributed by atoms with Gasteiger partial charge in [0, 0.05) is 16.8 Å². The normalized spacial score (nSPS) is 12.3. The molecule has 174 valence electrons. The van der Waals surface area contributed by atoms with Crippen molar-refractivity contribution in [1.82, 2.24) is 4.98 Å². The second-order valence-corrected chi connectivity index (χ2v) is 10.6. The summed E-state index contributed by atoms with van der Waals surface area (Å²) >= 11 is 9.50. The molecule has 0 saturated carbocycles. The number of aromatic hydroxyl groups is 1. The van der Waals surface area contributed by atoms with E-state index in [9.17, 15) is 5.11 Å². The van der Waals surface area contributed by atoms with Crippen LogP contribution < -0.4 is 4.74 Å². The van der Waals surface area contributed by atoms with E-state index in [0.29, 0.717) is 11.3 Å². The molecule has 4 nitrogen and oxygen atoms in total. The Morgan fingerprint density at radius 2 is 1.74 bits per heavy atom. The molecule has 0 fully saturated rings. The highest BCUT2D eigenvalue weighted by molar-refractivity contribution is 8.01. The Hall–Kier alpha value is -3.32. The molecule has 0 spiro atoms. The summed E-state index contributed by atoms with van der Waals surface area (Å²) < 4.78 is 7.27. The maximum Gasteiger partial charge on any atom is 0.152 e. The average Bonchev–Trinajstić information content (AvgIpc) is 3.30. The van der Waals surface area contributed by atoms with Crippen LogP contribution in [0.4, 0.5) is 5.69 Å². The summed E-state index contributed by atoms with van der Waals surface area (Å²) in [6.07, 6.45) is 1.64. The van der Waals surface area contributed by atoms with Crippen LogP contribution in [0.15, 0.2) is 100 Å². The van der Waals surface area contributed by atoms with E-state index in [-0.39, 0.29) is 11.0 Å². The van der Waals surface area contributed by atoms with Gasteiger partial charge in [-0.25, -0.2) is 4.98 Å². The van der Waals surface area contributed by atoms with Gasteiger partial charge in [-0.1, -0.05) is 65.8 Å². The molecule has 0 saturated heterocycles. The highest BCUT2D eigenvalue weighted by Gasteiger charge is 2.18. The topological polar surface area (TPSA) is 54.7 Å². The van der Waals surface area contributed by atoms with Gasteiger partial charge in [-0.3, -0.25) is 4.99 Å². The number of fused-ring (bicyclic) bond motifs is 1. The number of nitrogens with zero attached hydrogens (tertiary/aromatic N) is 2. The monoisotopic (exact) mass is 516 g/mol. The van der Waals surface area contributed by atoms with Crippen molar-refractivity contribution in [2.24, 2.45) is 4.99 Å². The number of halogens is 1. The minimum absolute atomic E-state index is 0.0996. The lowest BCUT2D eigenvalue weighted by Crippen LogP contribution is -1.96. The van der Waals surface area contributed by atoms with Crippen LogP contribution in [-0.2, 0) is 0 Å². The van der Waals surface area contributed by atoms with Gasteiger partial charge >= 0.3 is 0 Å². The molecule has 0 aliphatic carbocycles. The highest BCUT2D eigenvalue weighted by Crippen LogP contribution is 2.43. The Kier molecular flexibility index (Phi) is 7.04. The lowest BCUT2D eigenvalue weighted by atomic mass is 10.0. The fraction of sp³-hybridized carbons (Fsp3) is 0.0714. The molecule has 0 bridgehead atoms. The summed E-state index contributed by atoms with van der Waals surface area (Å²) in [5.74, 6) is 0.818. The first-order chi connectivity index (χ1) is 17.1. The molecule has 0 aliphatic heterocycles. The lowest BCUT2D eigenvalue weighted by molar-refractivity contribution is 0.412. The predicted molar refractivity (Wildman–Crippen MR) is 147 cm³/mol. The van der Waals surface area contributed by atoms with Crippen LogP contribution in [-0.4, -0.2) is 23.4 Å². The first-order valence-electron chi connectivity index (χ1n) is 10.9. The molecule has 0 unspecified atom stereocenters. The van der Waals surface area contributed by atoms with Crippen molar-refractivity contribution < 1.29 is 9.84 Å². The maximum atomic E-state index is 10.1. The molecule has 1 aromatic heterocycles. The van der Waals surface area contributed by atoms with Gasteiger partial charge in [0.25, 0.3) is 0 Å². The number of hydrogen-bond acceptors (Lipinski definition) is 6. The number of ether oxygens (including phenoxy) is 1. The van der Waals surface area contributed by atoms with Crippen molar-refractivity contribution in [2.75, 3.05) is 7.11 Å². The summed E-state index contributed by atoms with van der Waals surface area (Å²) in [6, 6.07) is 29.4. The van der Waals surface area contributed by atoms with Crippen LogP contribution in [0.25, 0.3) is 10.2 Å². The fourth-order valence-electron chi connectivity index (χ4n) is 3.62. The zero-order valence-corrected chi connectivity index (χ0v) is 21.1. The van der Waals surface area contributed by atoms with E-state index in [1.807, 2.05) is 36.4 Å². The number of hydrogen-bond donors (Lipinski definition) is 1. The number of phenolic OH excluding ortho intramolecular Hbond substituents is 1. The third kappa shape index (κ3) is 5.51. The van der Waals surface area contributed by atoms with E-state index in [0.717, 1.165) is 25.3 Å². The van der Waals surface area contributed by atoms with Crippen molar-refractivity contribution in [3.05, 3.63) is 113 Å². The second-order valence-electron chi connectivity index (χ2n) is 7.77. The average molecular weight is 517 g/mol. The molecule has 1 heterocycles. The molecule has 0 radical (unpaired) electrons. The zero-order chi connectivity index (χ0) is 24.2. The number of aliphatic imine (C=N–C) groups is 1. The standard InChI is InChI=1S/C28H21ClN2O2S2/c1-33-23-12-14-25(32)20(15-23)17-30-22-11-13-24-26(16-22)34-28(31-24)35-27(18-5-3-2-4-6-18)19-7-9-21(29)10-8-19/h2-17,27,32H,1H3/t27-/m0/s1. The molecule has 7 heteroatoms. The van der Waals surface area contributed by atoms with E-state index in [2.05, 4.69) is 41.4 Å². The van der Waals surface area contributed by atoms with Crippen LogP contribution in [0.1, 0.15) is 21.9 Å². The molecule has 4 aromatic carbocycles. The fourth-order valence-corrected chi connectivity index (χ4v) is 6.17. The molecule has 5 rings (SSSR count). The summed E-state index contributed by atoms with van der Waals surface area (Å²) in [5.41, 5.74) is 4.70. The molecule has 35 heavy (non-hydrogen) atoms. The van der Waals surface area contributed by atoms with Gasteiger partial charge in [-0.2, -0.15) is 0 Å². The SMILES string of the molecule is COc1ccc(O)c(C=Nc2ccc3nc(S[C@@H](c4ccccc4)c4ccc(Cl)cc4)sc3c2)c1. The Balaban J connectivity index is 1.42. The number of thiazole rings is 1. The third-order valence-electron chi connectivity index (χ3n) is 5.43. The summed E-state index contributed by atoms with van der Waals surface area (Å²) in [6.45, 7) is 0. The number of phenols is 1. The molecule has 1 N–H and O–H groups in total. The number of methoxy groups -OCH3 is 1. The van der Waals surface area contributed by atoms with Crippen LogP contribution in [0.5, 0.6) is 11.5 Å². The highest BCUT2D eigenvalue weighted by atomic mass is 35.5. The van der Waals surface area contributed by atoms with Crippen molar-refractivity contribution in [3.63, 3.8) is 0 Å². The lowest BCUT2D eigenvalue weighted by Gasteiger charge is -2.16. The third-order valence-corrected chi connectivity index (χ3v) is 8.11. The van der Waals surface area contributed by atoms with E-state index in [1.165, 1.54) is 11.1 Å². The number of aromatic nitrogens is 1. The Morgan fingerprint density at radius 3 is 2.51 bits per heavy atom. The van der Waals surface area contributed by atoms with Crippen molar-refractivity contribution in [3.8, 4) is 11.5 Å². The van der Waals surface area contributed by atoms with Crippen LogP contribution in [0.2, 0.25) is 5.02 Å². The van der Waals surface area contributed by atoms with Crippen molar-refractivity contribution in [1.29, 1.82) is 0 Å². The molecule has 0 amide bonds. The van der Waals surface area contributed by atoms with E-state index in [4.69, 9.17) is 21.3 Å². The van der Waals surface area contributed by atoms with Gasteiger partial charge in [-0.15, -0.1) is 11.3 Å². The van der Waals surface area contributed by atoms with Crippen LogP contribution in [0.3, 0.4) is 0 Å². The molecule has 5 aromatic rings.